The van der Waals surface area contributed by atoms with Crippen molar-refractivity contribution in [3.8, 4) is 0 Å². The van der Waals surface area contributed by atoms with E-state index in [0.29, 0.717) is 12.7 Å². The van der Waals surface area contributed by atoms with Gasteiger partial charge in [0.25, 0.3) is 0 Å². The average molecular weight is 330 g/mol. The molecule has 1 saturated carbocycles. The van der Waals surface area contributed by atoms with Crippen molar-refractivity contribution in [2.45, 2.75) is 64.3 Å². The fraction of sp³-hybridized carbons (Fsp3) is 0.875. The second-order valence-corrected chi connectivity index (χ2v) is 7.44. The number of rotatable bonds is 9. The van der Waals surface area contributed by atoms with Gasteiger partial charge in [0.15, 0.2) is 0 Å². The summed E-state index contributed by atoms with van der Waals surface area (Å²) in [5, 5.41) is 21.2. The van der Waals surface area contributed by atoms with Gasteiger partial charge in [0.1, 0.15) is 12.0 Å². The molecule has 0 spiro atoms. The summed E-state index contributed by atoms with van der Waals surface area (Å²) in [6.07, 6.45) is 2.84. The van der Waals surface area contributed by atoms with Crippen LogP contribution in [0.5, 0.6) is 0 Å². The molecule has 3 unspecified atom stereocenters. The van der Waals surface area contributed by atoms with Crippen molar-refractivity contribution in [3.63, 3.8) is 0 Å². The van der Waals surface area contributed by atoms with Crippen molar-refractivity contribution in [2.24, 2.45) is 17.1 Å². The minimum absolute atomic E-state index is 0.0799. The van der Waals surface area contributed by atoms with E-state index in [9.17, 15) is 9.59 Å². The summed E-state index contributed by atoms with van der Waals surface area (Å²) in [4.78, 5) is 22.2. The number of hydrogen-bond acceptors (Lipinski definition) is 6. The number of aliphatic hydroxyl groups excluding tert-OH is 1. The van der Waals surface area contributed by atoms with Crippen LogP contribution < -0.4 is 11.1 Å². The number of aliphatic hydroxyl groups is 1. The lowest BCUT2D eigenvalue weighted by molar-refractivity contribution is -0.147. The number of carbonyl (C=O) groups is 2. The van der Waals surface area contributed by atoms with Crippen LogP contribution in [-0.2, 0) is 14.3 Å². The van der Waals surface area contributed by atoms with E-state index in [1.807, 2.05) is 0 Å². The molecule has 1 aliphatic rings. The van der Waals surface area contributed by atoms with Crippen LogP contribution in [0.25, 0.3) is 0 Å². The molecule has 0 radical (unpaired) electrons. The monoisotopic (exact) mass is 330 g/mol. The Hall–Kier alpha value is -1.02. The number of ether oxygens (including phenoxy) is 1. The molecule has 0 bridgehead atoms. The highest BCUT2D eigenvalue weighted by molar-refractivity contribution is 5.73. The quantitative estimate of drug-likeness (QED) is 0.358. The van der Waals surface area contributed by atoms with E-state index in [-0.39, 0.29) is 31.0 Å². The van der Waals surface area contributed by atoms with Crippen LogP contribution in [0.4, 0.5) is 0 Å². The maximum absolute atomic E-state index is 11.3. The van der Waals surface area contributed by atoms with Crippen molar-refractivity contribution in [1.29, 1.82) is 0 Å². The zero-order valence-electron chi connectivity index (χ0n) is 14.2. The Kier molecular flexibility index (Phi) is 7.13. The van der Waals surface area contributed by atoms with Gasteiger partial charge in [0.2, 0.25) is 0 Å². The predicted octanol–water partition coefficient (Wildman–Crippen LogP) is 0.497. The third kappa shape index (κ3) is 5.53. The zero-order chi connectivity index (χ0) is 17.7. The third-order valence-electron chi connectivity index (χ3n) is 4.43. The van der Waals surface area contributed by atoms with Crippen molar-refractivity contribution in [2.75, 3.05) is 13.2 Å². The summed E-state index contributed by atoms with van der Waals surface area (Å²) in [5.74, 6) is -0.931. The molecule has 134 valence electrons. The predicted molar refractivity (Wildman–Crippen MR) is 85.8 cm³/mol. The smallest absolute Gasteiger partial charge is 0.305 e. The van der Waals surface area contributed by atoms with E-state index in [1.54, 1.807) is 0 Å². The number of carbonyl (C=O) groups excluding carboxylic acids is 1. The molecule has 0 heterocycles. The molecule has 1 fully saturated rings. The summed E-state index contributed by atoms with van der Waals surface area (Å²) >= 11 is 0. The largest absolute Gasteiger partial charge is 0.481 e. The summed E-state index contributed by atoms with van der Waals surface area (Å²) in [6.45, 7) is 6.25. The van der Waals surface area contributed by atoms with Gasteiger partial charge in [0.05, 0.1) is 31.7 Å². The van der Waals surface area contributed by atoms with Crippen molar-refractivity contribution >= 4 is 12.3 Å². The number of carboxylic acids is 1. The summed E-state index contributed by atoms with van der Waals surface area (Å²) < 4.78 is 6.05. The van der Waals surface area contributed by atoms with E-state index in [4.69, 9.17) is 20.7 Å². The van der Waals surface area contributed by atoms with Crippen LogP contribution >= 0.6 is 0 Å². The topological polar surface area (TPSA) is 122 Å². The van der Waals surface area contributed by atoms with Crippen molar-refractivity contribution in [1.82, 2.24) is 5.32 Å². The first kappa shape index (κ1) is 20.0. The number of aliphatic carboxylic acids is 1. The van der Waals surface area contributed by atoms with Crippen LogP contribution in [0.2, 0.25) is 0 Å². The van der Waals surface area contributed by atoms with E-state index >= 15 is 0 Å². The first-order valence-electron chi connectivity index (χ1n) is 8.10. The molecule has 0 aromatic heterocycles. The lowest BCUT2D eigenvalue weighted by Crippen LogP contribution is -2.59. The highest BCUT2D eigenvalue weighted by Crippen LogP contribution is 2.47. The van der Waals surface area contributed by atoms with E-state index < -0.39 is 23.8 Å². The Balaban J connectivity index is 2.99. The summed E-state index contributed by atoms with van der Waals surface area (Å²) in [6, 6.07) is -1.33. The van der Waals surface area contributed by atoms with E-state index in [2.05, 4.69) is 26.1 Å². The third-order valence-corrected chi connectivity index (χ3v) is 4.43. The summed E-state index contributed by atoms with van der Waals surface area (Å²) in [5.41, 5.74) is 4.86. The van der Waals surface area contributed by atoms with Crippen LogP contribution in [0, 0.1) is 11.3 Å². The Bertz CT molecular complexity index is 410. The highest BCUT2D eigenvalue weighted by atomic mass is 16.5. The van der Waals surface area contributed by atoms with Gasteiger partial charge in [-0.05, 0) is 24.7 Å². The molecule has 0 aromatic rings. The fourth-order valence-corrected chi connectivity index (χ4v) is 3.44. The lowest BCUT2D eigenvalue weighted by atomic mass is 9.75. The maximum Gasteiger partial charge on any atom is 0.305 e. The fourth-order valence-electron chi connectivity index (χ4n) is 3.44. The van der Waals surface area contributed by atoms with Crippen LogP contribution in [-0.4, -0.2) is 53.5 Å². The van der Waals surface area contributed by atoms with Crippen LogP contribution in [0.1, 0.15) is 46.5 Å². The van der Waals surface area contributed by atoms with Crippen LogP contribution in [0.15, 0.2) is 0 Å². The van der Waals surface area contributed by atoms with Gasteiger partial charge >= 0.3 is 5.97 Å². The average Bonchev–Trinajstić information content (AvgIpc) is 2.87. The second-order valence-electron chi connectivity index (χ2n) is 7.44. The minimum Gasteiger partial charge on any atom is -0.481 e. The van der Waals surface area contributed by atoms with E-state index in [1.165, 1.54) is 0 Å². The SMILES string of the molecule is CC(C)(C)C1CCCC1(N[C@H](C=O)CC(=O)O)OCC(N)CO. The molecule has 4 atom stereocenters. The van der Waals surface area contributed by atoms with E-state index in [0.717, 1.165) is 12.8 Å². The molecular weight excluding hydrogens is 300 g/mol. The molecule has 7 nitrogen and oxygen atoms in total. The molecule has 0 aromatic carbocycles. The molecule has 5 N–H and O–H groups in total. The number of aldehydes is 1. The standard InChI is InChI=1S/C16H30N2O5/c1-15(2,3)13-5-4-6-16(13,23-10-11(17)8-19)18-12(9-20)7-14(21)22/h9,11-13,18-19H,4-8,10,17H2,1-3H3,(H,21,22)/t11?,12-,13?,16?/m0/s1. The van der Waals surface area contributed by atoms with Gasteiger partial charge in [-0.25, -0.2) is 0 Å². The second kappa shape index (κ2) is 8.19. The molecule has 0 saturated heterocycles. The normalized spacial score (nSPS) is 27.6. The molecule has 7 heteroatoms. The maximum atomic E-state index is 11.3. The molecule has 1 aliphatic carbocycles. The van der Waals surface area contributed by atoms with Gasteiger partial charge in [-0.3, -0.25) is 10.1 Å². The van der Waals surface area contributed by atoms with Crippen molar-refractivity contribution in [3.05, 3.63) is 0 Å². The Morgan fingerprint density at radius 2 is 2.17 bits per heavy atom. The van der Waals surface area contributed by atoms with Gasteiger partial charge in [-0.15, -0.1) is 0 Å². The number of nitrogens with two attached hydrogens (primary N) is 1. The first-order chi connectivity index (χ1) is 10.6. The zero-order valence-corrected chi connectivity index (χ0v) is 14.2. The number of hydrogen-bond donors (Lipinski definition) is 4. The molecule has 0 amide bonds. The van der Waals surface area contributed by atoms with Gasteiger partial charge < -0.3 is 25.5 Å². The van der Waals surface area contributed by atoms with Crippen molar-refractivity contribution < 1.29 is 24.5 Å². The molecule has 0 aliphatic heterocycles. The van der Waals surface area contributed by atoms with Gasteiger partial charge in [-0.1, -0.05) is 20.8 Å². The molecule has 1 rings (SSSR count). The Morgan fingerprint density at radius 3 is 2.65 bits per heavy atom. The molecular formula is C16H30N2O5. The lowest BCUT2D eigenvalue weighted by Gasteiger charge is -2.44. The van der Waals surface area contributed by atoms with Gasteiger partial charge in [-0.2, -0.15) is 0 Å². The van der Waals surface area contributed by atoms with Crippen LogP contribution in [0.3, 0.4) is 0 Å². The number of carboxylic acid groups (broad SMARTS) is 1. The summed E-state index contributed by atoms with van der Waals surface area (Å²) in [7, 11) is 0. The van der Waals surface area contributed by atoms with Gasteiger partial charge in [0, 0.05) is 5.92 Å². The minimum atomic E-state index is -1.04. The Labute approximate surface area is 137 Å². The highest BCUT2D eigenvalue weighted by Gasteiger charge is 2.50. The molecule has 23 heavy (non-hydrogen) atoms. The first-order valence-corrected chi connectivity index (χ1v) is 8.10. The number of nitrogens with one attached hydrogen (secondary N) is 1. The Morgan fingerprint density at radius 1 is 1.52 bits per heavy atom.